The van der Waals surface area contributed by atoms with Gasteiger partial charge in [0.1, 0.15) is 6.23 Å². The van der Waals surface area contributed by atoms with Crippen molar-refractivity contribution in [3.05, 3.63) is 11.6 Å². The van der Waals surface area contributed by atoms with Crippen LogP contribution >= 0.6 is 0 Å². The highest BCUT2D eigenvalue weighted by Crippen LogP contribution is 2.67. The molecule has 2 rings (SSSR count). The molecule has 0 aliphatic heterocycles. The summed E-state index contributed by atoms with van der Waals surface area (Å²) < 4.78 is 0. The van der Waals surface area contributed by atoms with Gasteiger partial charge in [-0.15, -0.1) is 0 Å². The Balaban J connectivity index is 2.36. The molecule has 0 saturated heterocycles. The highest BCUT2D eigenvalue weighted by molar-refractivity contribution is 5.29. The molecular formula is C12H21NO. The zero-order chi connectivity index (χ0) is 10.6. The summed E-state index contributed by atoms with van der Waals surface area (Å²) >= 11 is 0. The summed E-state index contributed by atoms with van der Waals surface area (Å²) in [6.45, 7) is 7.04. The van der Waals surface area contributed by atoms with Crippen molar-refractivity contribution in [3.63, 3.8) is 0 Å². The van der Waals surface area contributed by atoms with Crippen LogP contribution in [0.4, 0.5) is 0 Å². The summed E-state index contributed by atoms with van der Waals surface area (Å²) in [7, 11) is 0. The molecule has 3 N–H and O–H groups in total. The van der Waals surface area contributed by atoms with Crippen LogP contribution in [0.5, 0.6) is 0 Å². The smallest absolute Gasteiger partial charge is 0.121 e. The van der Waals surface area contributed by atoms with Crippen LogP contribution in [0.1, 0.15) is 40.0 Å². The van der Waals surface area contributed by atoms with Gasteiger partial charge in [-0.3, -0.25) is 0 Å². The van der Waals surface area contributed by atoms with E-state index in [1.165, 1.54) is 18.4 Å². The summed E-state index contributed by atoms with van der Waals surface area (Å²) in [5, 5.41) is 9.23. The molecule has 3 atom stereocenters. The van der Waals surface area contributed by atoms with Crippen molar-refractivity contribution in [2.24, 2.45) is 22.5 Å². The molecule has 2 saturated carbocycles. The predicted molar refractivity (Wildman–Crippen MR) is 57.5 cm³/mol. The van der Waals surface area contributed by atoms with Gasteiger partial charge < -0.3 is 10.8 Å². The van der Waals surface area contributed by atoms with E-state index in [4.69, 9.17) is 5.73 Å². The standard InChI is InChI=1S/C12H21NO/c1-11(2)8-4-5-12(11,3)9(6-8)7-10(13)14/h7-8,10,14H,4-6,13H2,1-3H3. The predicted octanol–water partition coefficient (Wildman–Crippen LogP) is 2.04. The highest BCUT2D eigenvalue weighted by Gasteiger charge is 2.58. The largest absolute Gasteiger partial charge is 0.375 e. The molecule has 2 aliphatic rings. The molecule has 2 nitrogen and oxygen atoms in total. The summed E-state index contributed by atoms with van der Waals surface area (Å²) in [6.07, 6.45) is 4.81. The first-order valence-corrected chi connectivity index (χ1v) is 5.53. The molecule has 2 bridgehead atoms. The monoisotopic (exact) mass is 195 g/mol. The Labute approximate surface area is 86.2 Å². The minimum Gasteiger partial charge on any atom is -0.375 e. The van der Waals surface area contributed by atoms with E-state index in [-0.39, 0.29) is 5.41 Å². The number of aliphatic hydroxyl groups is 1. The van der Waals surface area contributed by atoms with E-state index >= 15 is 0 Å². The topological polar surface area (TPSA) is 46.2 Å². The fourth-order valence-corrected chi connectivity index (χ4v) is 3.48. The first-order valence-electron chi connectivity index (χ1n) is 5.53. The molecule has 2 heteroatoms. The van der Waals surface area contributed by atoms with E-state index in [0.717, 1.165) is 12.3 Å². The van der Waals surface area contributed by atoms with E-state index in [9.17, 15) is 5.11 Å². The minimum atomic E-state index is -0.781. The molecule has 3 unspecified atom stereocenters. The third kappa shape index (κ3) is 1.10. The minimum absolute atomic E-state index is 0.276. The lowest BCUT2D eigenvalue weighted by Crippen LogP contribution is -2.29. The van der Waals surface area contributed by atoms with Gasteiger partial charge in [-0.25, -0.2) is 0 Å². The number of hydrogen-bond acceptors (Lipinski definition) is 2. The van der Waals surface area contributed by atoms with Crippen LogP contribution in [0.2, 0.25) is 0 Å². The Kier molecular flexibility index (Phi) is 2.06. The summed E-state index contributed by atoms with van der Waals surface area (Å²) in [5.41, 5.74) is 7.47. The summed E-state index contributed by atoms with van der Waals surface area (Å²) in [5.74, 6) is 0.789. The zero-order valence-electron chi connectivity index (χ0n) is 9.38. The SMILES string of the molecule is CC12CCC(CC1=CC(N)O)C2(C)C. The molecule has 80 valence electrons. The molecule has 0 aromatic heterocycles. The Morgan fingerprint density at radius 1 is 1.50 bits per heavy atom. The second-order valence-electron chi connectivity index (χ2n) is 5.68. The van der Waals surface area contributed by atoms with Crippen LogP contribution in [0.3, 0.4) is 0 Å². The molecule has 14 heavy (non-hydrogen) atoms. The third-order valence-electron chi connectivity index (χ3n) is 4.98. The van der Waals surface area contributed by atoms with Crippen molar-refractivity contribution >= 4 is 0 Å². The molecule has 0 radical (unpaired) electrons. The van der Waals surface area contributed by atoms with Crippen LogP contribution in [0.15, 0.2) is 11.6 Å². The highest BCUT2D eigenvalue weighted by atomic mass is 16.3. The van der Waals surface area contributed by atoms with Crippen LogP contribution in [0.25, 0.3) is 0 Å². The number of rotatable bonds is 1. The van der Waals surface area contributed by atoms with Gasteiger partial charge in [0.15, 0.2) is 0 Å². The molecule has 2 aliphatic carbocycles. The van der Waals surface area contributed by atoms with Crippen molar-refractivity contribution in [2.45, 2.75) is 46.3 Å². The van der Waals surface area contributed by atoms with E-state index in [1.807, 2.05) is 6.08 Å². The maximum Gasteiger partial charge on any atom is 0.121 e. The third-order valence-corrected chi connectivity index (χ3v) is 4.98. The molecule has 0 aromatic carbocycles. The average molecular weight is 195 g/mol. The number of hydrogen-bond donors (Lipinski definition) is 2. The Bertz CT molecular complexity index is 280. The van der Waals surface area contributed by atoms with Crippen LogP contribution in [-0.2, 0) is 0 Å². The quantitative estimate of drug-likeness (QED) is 0.497. The number of nitrogens with two attached hydrogens (primary N) is 1. The van der Waals surface area contributed by atoms with E-state index in [1.54, 1.807) is 0 Å². The van der Waals surface area contributed by atoms with Crippen molar-refractivity contribution in [1.29, 1.82) is 0 Å². The Hall–Kier alpha value is -0.340. The van der Waals surface area contributed by atoms with Gasteiger partial charge in [0.2, 0.25) is 0 Å². The second-order valence-corrected chi connectivity index (χ2v) is 5.68. The van der Waals surface area contributed by atoms with Gasteiger partial charge in [0, 0.05) is 0 Å². The average Bonchev–Trinajstić information content (AvgIpc) is 2.35. The Morgan fingerprint density at radius 3 is 2.50 bits per heavy atom. The van der Waals surface area contributed by atoms with Crippen molar-refractivity contribution in [2.75, 3.05) is 0 Å². The lowest BCUT2D eigenvalue weighted by molar-refractivity contribution is 0.176. The maximum atomic E-state index is 9.23. The number of aliphatic hydroxyl groups excluding tert-OH is 1. The van der Waals surface area contributed by atoms with Crippen LogP contribution < -0.4 is 5.73 Å². The fourth-order valence-electron chi connectivity index (χ4n) is 3.48. The van der Waals surface area contributed by atoms with Crippen LogP contribution in [0, 0.1) is 16.7 Å². The lowest BCUT2D eigenvalue weighted by Gasteiger charge is -2.35. The summed E-state index contributed by atoms with van der Waals surface area (Å²) in [4.78, 5) is 0. The van der Waals surface area contributed by atoms with Gasteiger partial charge in [-0.2, -0.15) is 0 Å². The molecule has 0 aromatic rings. The normalized spacial score (nSPS) is 44.6. The van der Waals surface area contributed by atoms with Crippen LogP contribution in [-0.4, -0.2) is 11.3 Å². The van der Waals surface area contributed by atoms with Gasteiger partial charge in [-0.05, 0) is 42.1 Å². The number of allylic oxidation sites excluding steroid dienone is 1. The lowest BCUT2D eigenvalue weighted by atomic mass is 9.69. The Morgan fingerprint density at radius 2 is 2.14 bits per heavy atom. The fraction of sp³-hybridized carbons (Fsp3) is 0.833. The van der Waals surface area contributed by atoms with Crippen molar-refractivity contribution < 1.29 is 5.11 Å². The van der Waals surface area contributed by atoms with Gasteiger partial charge in [-0.1, -0.05) is 26.3 Å². The molecule has 0 spiro atoms. The summed E-state index contributed by atoms with van der Waals surface area (Å²) in [6, 6.07) is 0. The zero-order valence-corrected chi connectivity index (χ0v) is 9.38. The second kappa shape index (κ2) is 2.83. The van der Waals surface area contributed by atoms with Crippen molar-refractivity contribution in [1.82, 2.24) is 0 Å². The molecule has 0 heterocycles. The molecule has 2 fully saturated rings. The van der Waals surface area contributed by atoms with Gasteiger partial charge >= 0.3 is 0 Å². The maximum absolute atomic E-state index is 9.23. The van der Waals surface area contributed by atoms with E-state index in [0.29, 0.717) is 5.41 Å². The molecule has 0 amide bonds. The van der Waals surface area contributed by atoms with E-state index in [2.05, 4.69) is 20.8 Å². The van der Waals surface area contributed by atoms with Gasteiger partial charge in [0.05, 0.1) is 0 Å². The first kappa shape index (κ1) is 10.2. The van der Waals surface area contributed by atoms with E-state index < -0.39 is 6.23 Å². The first-order chi connectivity index (χ1) is 6.38. The van der Waals surface area contributed by atoms with Crippen molar-refractivity contribution in [3.8, 4) is 0 Å². The molecular weight excluding hydrogens is 174 g/mol. The van der Waals surface area contributed by atoms with Gasteiger partial charge in [0.25, 0.3) is 0 Å². The number of fused-ring (bicyclic) bond motifs is 2.